The third-order valence-electron chi connectivity index (χ3n) is 1.39. The minimum Gasteiger partial charge on any atom is -0.298 e. The molecule has 0 unspecified atom stereocenters. The van der Waals surface area contributed by atoms with Crippen LogP contribution in [-0.2, 0) is 0 Å². The SMILES string of the molecule is CC.CN=C(C)C.Cc1ccccc1. The normalized spacial score (nSPS) is 7.29. The highest BCUT2D eigenvalue weighted by Gasteiger charge is 1.72. The molecule has 0 bridgehead atoms. The number of aliphatic imine (C=N–C) groups is 1. The number of nitrogens with zero attached hydrogens (tertiary/aromatic N) is 1. The number of hydrogen-bond acceptors (Lipinski definition) is 1. The van der Waals surface area contributed by atoms with Crippen LogP contribution in [0.3, 0.4) is 0 Å². The number of hydrogen-bond donors (Lipinski definition) is 0. The highest BCUT2D eigenvalue weighted by Crippen LogP contribution is 1.92. The first-order valence-electron chi connectivity index (χ1n) is 5.08. The summed E-state index contributed by atoms with van der Waals surface area (Å²) in [7, 11) is 1.79. The largest absolute Gasteiger partial charge is 0.298 e. The van der Waals surface area contributed by atoms with Gasteiger partial charge in [-0.05, 0) is 20.8 Å². The fraction of sp³-hybridized carbons (Fsp3) is 0.462. The van der Waals surface area contributed by atoms with E-state index in [9.17, 15) is 0 Å². The van der Waals surface area contributed by atoms with Crippen LogP contribution < -0.4 is 0 Å². The molecule has 0 fully saturated rings. The van der Waals surface area contributed by atoms with Crippen LogP contribution in [0.25, 0.3) is 0 Å². The summed E-state index contributed by atoms with van der Waals surface area (Å²) in [5.41, 5.74) is 2.45. The van der Waals surface area contributed by atoms with E-state index in [0.29, 0.717) is 0 Å². The predicted molar refractivity (Wildman–Crippen MR) is 67.2 cm³/mol. The van der Waals surface area contributed by atoms with E-state index in [4.69, 9.17) is 0 Å². The fourth-order valence-electron chi connectivity index (χ4n) is 0.534. The second-order valence-corrected chi connectivity index (χ2v) is 2.83. The van der Waals surface area contributed by atoms with Crippen molar-refractivity contribution in [3.8, 4) is 0 Å². The van der Waals surface area contributed by atoms with Gasteiger partial charge in [0.05, 0.1) is 0 Å². The van der Waals surface area contributed by atoms with Crippen molar-refractivity contribution >= 4 is 5.71 Å². The Morgan fingerprint density at radius 3 is 1.50 bits per heavy atom. The molecule has 0 atom stereocenters. The van der Waals surface area contributed by atoms with Crippen LogP contribution in [0.4, 0.5) is 0 Å². The first kappa shape index (κ1) is 15.4. The molecule has 80 valence electrons. The molecule has 1 heteroatoms. The first-order valence-corrected chi connectivity index (χ1v) is 5.08. The van der Waals surface area contributed by atoms with Gasteiger partial charge >= 0.3 is 0 Å². The van der Waals surface area contributed by atoms with Crippen molar-refractivity contribution in [2.24, 2.45) is 4.99 Å². The summed E-state index contributed by atoms with van der Waals surface area (Å²) in [6.07, 6.45) is 0. The van der Waals surface area contributed by atoms with E-state index in [0.717, 1.165) is 5.71 Å². The Morgan fingerprint density at radius 1 is 1.00 bits per heavy atom. The van der Waals surface area contributed by atoms with Crippen LogP contribution in [0.5, 0.6) is 0 Å². The van der Waals surface area contributed by atoms with E-state index in [1.165, 1.54) is 5.56 Å². The van der Waals surface area contributed by atoms with Gasteiger partial charge in [0.1, 0.15) is 0 Å². The minimum absolute atomic E-state index is 1.13. The molecule has 0 N–H and O–H groups in total. The molecular formula is C13H23N. The minimum atomic E-state index is 1.13. The van der Waals surface area contributed by atoms with Crippen LogP contribution in [0.1, 0.15) is 33.3 Å². The molecule has 1 aromatic rings. The monoisotopic (exact) mass is 193 g/mol. The maximum atomic E-state index is 3.81. The van der Waals surface area contributed by atoms with Crippen molar-refractivity contribution in [2.75, 3.05) is 7.05 Å². The topological polar surface area (TPSA) is 12.4 Å². The third-order valence-corrected chi connectivity index (χ3v) is 1.39. The average molecular weight is 193 g/mol. The standard InChI is InChI=1S/C7H8.C4H9N.C2H6/c1-7-5-3-2-4-6-7;1-4(2)5-3;1-2/h2-6H,1H3;1-3H3;1-2H3. The van der Waals surface area contributed by atoms with Gasteiger partial charge in [-0.25, -0.2) is 0 Å². The van der Waals surface area contributed by atoms with Crippen LogP contribution in [0.15, 0.2) is 35.3 Å². The van der Waals surface area contributed by atoms with Gasteiger partial charge in [0.15, 0.2) is 0 Å². The summed E-state index contributed by atoms with van der Waals surface area (Å²) in [5.74, 6) is 0. The van der Waals surface area contributed by atoms with Gasteiger partial charge in [-0.1, -0.05) is 49.7 Å². The second kappa shape index (κ2) is 11.9. The lowest BCUT2D eigenvalue weighted by molar-refractivity contribution is 1.41. The van der Waals surface area contributed by atoms with E-state index in [1.807, 2.05) is 45.9 Å². The van der Waals surface area contributed by atoms with E-state index < -0.39 is 0 Å². The Balaban J connectivity index is 0. The number of aryl methyl sites for hydroxylation is 1. The van der Waals surface area contributed by atoms with Crippen LogP contribution in [0.2, 0.25) is 0 Å². The van der Waals surface area contributed by atoms with Crippen molar-refractivity contribution in [1.82, 2.24) is 0 Å². The van der Waals surface area contributed by atoms with Crippen LogP contribution in [0, 0.1) is 6.92 Å². The number of benzene rings is 1. The lowest BCUT2D eigenvalue weighted by Crippen LogP contribution is -1.74. The molecule has 14 heavy (non-hydrogen) atoms. The predicted octanol–water partition coefficient (Wildman–Crippen LogP) is 4.12. The Labute approximate surface area is 88.9 Å². The lowest BCUT2D eigenvalue weighted by Gasteiger charge is -1.82. The summed E-state index contributed by atoms with van der Waals surface area (Å²) >= 11 is 0. The second-order valence-electron chi connectivity index (χ2n) is 2.83. The lowest BCUT2D eigenvalue weighted by atomic mass is 10.2. The Kier molecular flexibility index (Phi) is 13.1. The molecule has 0 amide bonds. The smallest absolute Gasteiger partial charge is 0.0276 e. The molecule has 0 heterocycles. The molecule has 0 spiro atoms. The van der Waals surface area contributed by atoms with E-state index >= 15 is 0 Å². The Morgan fingerprint density at radius 2 is 1.36 bits per heavy atom. The molecule has 0 saturated carbocycles. The zero-order valence-electron chi connectivity index (χ0n) is 10.3. The number of rotatable bonds is 0. The van der Waals surface area contributed by atoms with Crippen molar-refractivity contribution in [3.05, 3.63) is 35.9 Å². The van der Waals surface area contributed by atoms with Crippen LogP contribution >= 0.6 is 0 Å². The van der Waals surface area contributed by atoms with Gasteiger partial charge < -0.3 is 0 Å². The maximum Gasteiger partial charge on any atom is 0.0276 e. The molecule has 0 aliphatic rings. The fourth-order valence-corrected chi connectivity index (χ4v) is 0.534. The summed E-state index contributed by atoms with van der Waals surface area (Å²) < 4.78 is 0. The molecule has 0 aliphatic heterocycles. The molecule has 0 saturated heterocycles. The van der Waals surface area contributed by atoms with Crippen molar-refractivity contribution < 1.29 is 0 Å². The van der Waals surface area contributed by atoms with E-state index in [2.05, 4.69) is 24.0 Å². The molecule has 1 aromatic carbocycles. The van der Waals surface area contributed by atoms with Gasteiger partial charge in [-0.2, -0.15) is 0 Å². The third kappa shape index (κ3) is 13.5. The molecule has 0 aromatic heterocycles. The zero-order chi connectivity index (χ0) is 11.4. The average Bonchev–Trinajstić information content (AvgIpc) is 2.23. The Hall–Kier alpha value is -1.11. The highest BCUT2D eigenvalue weighted by molar-refractivity contribution is 5.78. The molecule has 0 radical (unpaired) electrons. The van der Waals surface area contributed by atoms with Crippen molar-refractivity contribution in [3.63, 3.8) is 0 Å². The van der Waals surface area contributed by atoms with E-state index in [-0.39, 0.29) is 0 Å². The summed E-state index contributed by atoms with van der Waals surface area (Å²) in [6.45, 7) is 10.0. The molecule has 1 rings (SSSR count). The summed E-state index contributed by atoms with van der Waals surface area (Å²) in [5, 5.41) is 0. The first-order chi connectivity index (χ1) is 6.66. The zero-order valence-corrected chi connectivity index (χ0v) is 10.3. The van der Waals surface area contributed by atoms with Crippen LogP contribution in [-0.4, -0.2) is 12.8 Å². The van der Waals surface area contributed by atoms with Gasteiger partial charge in [0.2, 0.25) is 0 Å². The van der Waals surface area contributed by atoms with E-state index in [1.54, 1.807) is 7.05 Å². The van der Waals surface area contributed by atoms with Gasteiger partial charge in [0, 0.05) is 12.8 Å². The van der Waals surface area contributed by atoms with Crippen molar-refractivity contribution in [1.29, 1.82) is 0 Å². The van der Waals surface area contributed by atoms with Crippen molar-refractivity contribution in [2.45, 2.75) is 34.6 Å². The molecule has 0 aliphatic carbocycles. The Bertz CT molecular complexity index is 220. The molecular weight excluding hydrogens is 170 g/mol. The summed E-state index contributed by atoms with van der Waals surface area (Å²) in [6, 6.07) is 10.3. The molecule has 1 nitrogen and oxygen atoms in total. The summed E-state index contributed by atoms with van der Waals surface area (Å²) in [4.78, 5) is 3.81. The van der Waals surface area contributed by atoms with Gasteiger partial charge in [-0.15, -0.1) is 0 Å². The highest BCUT2D eigenvalue weighted by atomic mass is 14.7. The quantitative estimate of drug-likeness (QED) is 0.550. The maximum absolute atomic E-state index is 3.81. The van der Waals surface area contributed by atoms with Gasteiger partial charge in [-0.3, -0.25) is 4.99 Å². The van der Waals surface area contributed by atoms with Gasteiger partial charge in [0.25, 0.3) is 0 Å².